The van der Waals surface area contributed by atoms with Crippen molar-refractivity contribution < 1.29 is 14.6 Å². The fraction of sp³-hybridized carbons (Fsp3) is 0.588. The standard InChI is InChI=1S/C17H25NO3/c1-4-8-17(20)11-18(12-17)16(19)7-9-21-15-10-13(2)5-6-14(15)3/h5-6,10,20H,4,7-9,11-12H2,1-3H3. The molecule has 4 heteroatoms. The smallest absolute Gasteiger partial charge is 0.226 e. The van der Waals surface area contributed by atoms with Crippen molar-refractivity contribution in [1.29, 1.82) is 0 Å². The molecule has 21 heavy (non-hydrogen) atoms. The van der Waals surface area contributed by atoms with Crippen LogP contribution in [0, 0.1) is 13.8 Å². The molecule has 0 radical (unpaired) electrons. The number of nitrogens with zero attached hydrogens (tertiary/aromatic N) is 1. The number of aryl methyl sites for hydroxylation is 2. The van der Waals surface area contributed by atoms with Crippen molar-refractivity contribution in [3.05, 3.63) is 29.3 Å². The van der Waals surface area contributed by atoms with Gasteiger partial charge in [0, 0.05) is 0 Å². The van der Waals surface area contributed by atoms with Crippen LogP contribution in [0.5, 0.6) is 5.75 Å². The fourth-order valence-electron chi connectivity index (χ4n) is 2.73. The minimum absolute atomic E-state index is 0.0566. The fourth-order valence-corrected chi connectivity index (χ4v) is 2.73. The van der Waals surface area contributed by atoms with Crippen molar-refractivity contribution in [2.75, 3.05) is 19.7 Å². The summed E-state index contributed by atoms with van der Waals surface area (Å²) >= 11 is 0. The van der Waals surface area contributed by atoms with Crippen LogP contribution in [-0.4, -0.2) is 41.2 Å². The van der Waals surface area contributed by atoms with Crippen LogP contribution in [0.15, 0.2) is 18.2 Å². The van der Waals surface area contributed by atoms with Crippen LogP contribution in [0.3, 0.4) is 0 Å². The van der Waals surface area contributed by atoms with E-state index < -0.39 is 5.60 Å². The van der Waals surface area contributed by atoms with E-state index in [1.54, 1.807) is 4.90 Å². The highest BCUT2D eigenvalue weighted by Crippen LogP contribution is 2.26. The van der Waals surface area contributed by atoms with Gasteiger partial charge in [0.2, 0.25) is 5.91 Å². The summed E-state index contributed by atoms with van der Waals surface area (Å²) in [5.74, 6) is 0.898. The number of ether oxygens (including phenoxy) is 1. The Balaban J connectivity index is 1.74. The average molecular weight is 291 g/mol. The lowest BCUT2D eigenvalue weighted by molar-refractivity contribution is -0.157. The third-order valence-corrected chi connectivity index (χ3v) is 3.96. The van der Waals surface area contributed by atoms with Gasteiger partial charge in [-0.25, -0.2) is 0 Å². The number of likely N-dealkylation sites (tertiary alicyclic amines) is 1. The number of amides is 1. The lowest BCUT2D eigenvalue weighted by Gasteiger charge is -2.46. The first-order valence-electron chi connectivity index (χ1n) is 7.64. The van der Waals surface area contributed by atoms with E-state index in [1.165, 1.54) is 0 Å². The Morgan fingerprint density at radius 1 is 1.38 bits per heavy atom. The maximum Gasteiger partial charge on any atom is 0.226 e. The second-order valence-electron chi connectivity index (χ2n) is 6.09. The molecule has 1 amide bonds. The van der Waals surface area contributed by atoms with Crippen LogP contribution in [-0.2, 0) is 4.79 Å². The molecule has 1 aromatic rings. The van der Waals surface area contributed by atoms with Gasteiger partial charge in [0.25, 0.3) is 0 Å². The first-order chi connectivity index (χ1) is 9.93. The van der Waals surface area contributed by atoms with E-state index in [-0.39, 0.29) is 5.91 Å². The Morgan fingerprint density at radius 3 is 2.76 bits per heavy atom. The van der Waals surface area contributed by atoms with Crippen molar-refractivity contribution in [3.8, 4) is 5.75 Å². The highest BCUT2D eigenvalue weighted by molar-refractivity contribution is 5.77. The Bertz CT molecular complexity index is 507. The maximum atomic E-state index is 12.0. The Labute approximate surface area is 126 Å². The lowest BCUT2D eigenvalue weighted by atomic mass is 9.89. The summed E-state index contributed by atoms with van der Waals surface area (Å²) < 4.78 is 5.70. The molecule has 1 saturated heterocycles. The van der Waals surface area contributed by atoms with Crippen LogP contribution in [0.4, 0.5) is 0 Å². The summed E-state index contributed by atoms with van der Waals surface area (Å²) in [6.45, 7) is 7.36. The molecule has 1 aliphatic rings. The molecule has 1 heterocycles. The molecular formula is C17H25NO3. The predicted octanol–water partition coefficient (Wildman–Crippen LogP) is 2.45. The molecule has 1 N–H and O–H groups in total. The predicted molar refractivity (Wildman–Crippen MR) is 82.5 cm³/mol. The van der Waals surface area contributed by atoms with Gasteiger partial charge in [-0.05, 0) is 37.5 Å². The normalized spacial score (nSPS) is 16.5. The van der Waals surface area contributed by atoms with Gasteiger partial charge in [-0.2, -0.15) is 0 Å². The molecule has 1 aromatic carbocycles. The SMILES string of the molecule is CCCC1(O)CN(C(=O)CCOc2cc(C)ccc2C)C1. The number of hydrogen-bond donors (Lipinski definition) is 1. The van der Waals surface area contributed by atoms with E-state index in [4.69, 9.17) is 4.74 Å². The number of carbonyl (C=O) groups excluding carboxylic acids is 1. The zero-order chi connectivity index (χ0) is 15.5. The molecular weight excluding hydrogens is 266 g/mol. The molecule has 0 unspecified atom stereocenters. The molecule has 0 bridgehead atoms. The van der Waals surface area contributed by atoms with Gasteiger partial charge < -0.3 is 14.7 Å². The van der Waals surface area contributed by atoms with Crippen LogP contribution >= 0.6 is 0 Å². The third-order valence-electron chi connectivity index (χ3n) is 3.96. The van der Waals surface area contributed by atoms with E-state index >= 15 is 0 Å². The molecule has 0 aliphatic carbocycles. The van der Waals surface area contributed by atoms with Crippen molar-refractivity contribution in [1.82, 2.24) is 4.90 Å². The minimum atomic E-state index is -0.654. The van der Waals surface area contributed by atoms with E-state index in [0.29, 0.717) is 26.1 Å². The number of benzene rings is 1. The quantitative estimate of drug-likeness (QED) is 0.876. The summed E-state index contributed by atoms with van der Waals surface area (Å²) in [4.78, 5) is 13.7. The molecule has 0 aromatic heterocycles. The summed E-state index contributed by atoms with van der Waals surface area (Å²) in [6, 6.07) is 6.05. The molecule has 0 atom stereocenters. The average Bonchev–Trinajstić information content (AvgIpc) is 2.40. The Hall–Kier alpha value is -1.55. The zero-order valence-electron chi connectivity index (χ0n) is 13.2. The van der Waals surface area contributed by atoms with Crippen molar-refractivity contribution in [2.24, 2.45) is 0 Å². The lowest BCUT2D eigenvalue weighted by Crippen LogP contribution is -2.63. The molecule has 2 rings (SSSR count). The van der Waals surface area contributed by atoms with Gasteiger partial charge >= 0.3 is 0 Å². The maximum absolute atomic E-state index is 12.0. The van der Waals surface area contributed by atoms with Crippen LogP contribution in [0.25, 0.3) is 0 Å². The van der Waals surface area contributed by atoms with Crippen molar-refractivity contribution in [3.63, 3.8) is 0 Å². The second kappa shape index (κ2) is 6.48. The van der Waals surface area contributed by atoms with Gasteiger partial charge in [0.1, 0.15) is 5.75 Å². The summed E-state index contributed by atoms with van der Waals surface area (Å²) in [7, 11) is 0. The Kier molecular flexibility index (Phi) is 4.88. The summed E-state index contributed by atoms with van der Waals surface area (Å²) in [5.41, 5.74) is 1.57. The van der Waals surface area contributed by atoms with Crippen LogP contribution < -0.4 is 4.74 Å². The molecule has 0 saturated carbocycles. The van der Waals surface area contributed by atoms with Crippen LogP contribution in [0.2, 0.25) is 0 Å². The molecule has 0 spiro atoms. The van der Waals surface area contributed by atoms with Gasteiger partial charge in [0.15, 0.2) is 0 Å². The third kappa shape index (κ3) is 3.97. The first-order valence-corrected chi connectivity index (χ1v) is 7.64. The summed E-state index contributed by atoms with van der Waals surface area (Å²) in [5, 5.41) is 10.1. The van der Waals surface area contributed by atoms with Crippen molar-refractivity contribution in [2.45, 2.75) is 45.6 Å². The van der Waals surface area contributed by atoms with E-state index in [2.05, 4.69) is 0 Å². The molecule has 1 fully saturated rings. The van der Waals surface area contributed by atoms with E-state index in [0.717, 1.165) is 29.7 Å². The number of aliphatic hydroxyl groups is 1. The minimum Gasteiger partial charge on any atom is -0.493 e. The number of hydrogen-bond acceptors (Lipinski definition) is 3. The van der Waals surface area contributed by atoms with Crippen LogP contribution in [0.1, 0.15) is 37.3 Å². The first kappa shape index (κ1) is 15.8. The van der Waals surface area contributed by atoms with Gasteiger partial charge in [0.05, 0.1) is 31.7 Å². The second-order valence-corrected chi connectivity index (χ2v) is 6.09. The monoisotopic (exact) mass is 291 g/mol. The molecule has 1 aliphatic heterocycles. The van der Waals surface area contributed by atoms with Crippen molar-refractivity contribution >= 4 is 5.91 Å². The highest BCUT2D eigenvalue weighted by Gasteiger charge is 2.42. The largest absolute Gasteiger partial charge is 0.493 e. The van der Waals surface area contributed by atoms with Gasteiger partial charge in [-0.15, -0.1) is 0 Å². The number of rotatable bonds is 6. The molecule has 4 nitrogen and oxygen atoms in total. The van der Waals surface area contributed by atoms with E-state index in [9.17, 15) is 9.90 Å². The number of β-amino-alcohol motifs (C(OH)–C–C–N with tert-alkyl or cyclic N) is 1. The topological polar surface area (TPSA) is 49.8 Å². The zero-order valence-corrected chi connectivity index (χ0v) is 13.2. The van der Waals surface area contributed by atoms with Gasteiger partial charge in [-0.3, -0.25) is 4.79 Å². The molecule has 116 valence electrons. The number of carbonyl (C=O) groups is 1. The van der Waals surface area contributed by atoms with E-state index in [1.807, 2.05) is 39.0 Å². The highest BCUT2D eigenvalue weighted by atomic mass is 16.5. The van der Waals surface area contributed by atoms with Gasteiger partial charge in [-0.1, -0.05) is 25.5 Å². The Morgan fingerprint density at radius 2 is 2.10 bits per heavy atom. The summed E-state index contributed by atoms with van der Waals surface area (Å²) in [6.07, 6.45) is 2.06.